The van der Waals surface area contributed by atoms with E-state index in [-0.39, 0.29) is 35.6 Å². The zero-order valence-corrected chi connectivity index (χ0v) is 13.9. The largest absolute Gasteiger partial charge is 0.371 e. The Labute approximate surface area is 120 Å². The Balaban J connectivity index is 0. The van der Waals surface area contributed by atoms with Crippen LogP contribution in [0.4, 0.5) is 0 Å². The summed E-state index contributed by atoms with van der Waals surface area (Å²) in [6, 6.07) is 0. The Morgan fingerprint density at radius 1 is 1.23 bits per heavy atom. The standard InChI is InChI=1S/C9H19NS2.La/c1-3-5-7-10-9(11)12-8-6-4-2;/h3-8H2,1-2H3,(H,10,11);. The molecule has 13 heavy (non-hydrogen) atoms. The maximum Gasteiger partial charge on any atom is 0.133 e. The van der Waals surface area contributed by atoms with E-state index in [9.17, 15) is 0 Å². The van der Waals surface area contributed by atoms with Crippen molar-refractivity contribution in [3.8, 4) is 0 Å². The summed E-state index contributed by atoms with van der Waals surface area (Å²) in [5.74, 6) is 1.16. The molecule has 0 aliphatic rings. The van der Waals surface area contributed by atoms with E-state index in [0.29, 0.717) is 0 Å². The minimum Gasteiger partial charge on any atom is -0.371 e. The predicted octanol–water partition coefficient (Wildman–Crippen LogP) is 3.19. The number of thiocarbonyl (C=S) groups is 1. The third kappa shape index (κ3) is 13.4. The minimum atomic E-state index is 0. The van der Waals surface area contributed by atoms with Gasteiger partial charge in [0.25, 0.3) is 0 Å². The average Bonchev–Trinajstić information content (AvgIpc) is 2.06. The van der Waals surface area contributed by atoms with Crippen molar-refractivity contribution < 1.29 is 35.6 Å². The normalized spacial score (nSPS) is 9.08. The zero-order valence-electron chi connectivity index (χ0n) is 8.64. The van der Waals surface area contributed by atoms with E-state index in [0.717, 1.165) is 16.6 Å². The molecule has 0 spiro atoms. The van der Waals surface area contributed by atoms with Crippen LogP contribution in [0.5, 0.6) is 0 Å². The molecule has 1 radical (unpaired) electrons. The van der Waals surface area contributed by atoms with Crippen LogP contribution in [0.1, 0.15) is 39.5 Å². The molecule has 0 aromatic rings. The van der Waals surface area contributed by atoms with Gasteiger partial charge < -0.3 is 5.32 Å². The fraction of sp³-hybridized carbons (Fsp3) is 0.889. The van der Waals surface area contributed by atoms with Crippen LogP contribution in [0, 0.1) is 35.6 Å². The molecule has 0 atom stereocenters. The van der Waals surface area contributed by atoms with Gasteiger partial charge in [-0.15, -0.1) is 0 Å². The fourth-order valence-electron chi connectivity index (χ4n) is 0.727. The van der Waals surface area contributed by atoms with Crippen molar-refractivity contribution in [3.05, 3.63) is 0 Å². The first kappa shape index (κ1) is 16.8. The molecule has 0 unspecified atom stereocenters. The predicted molar refractivity (Wildman–Crippen MR) is 62.9 cm³/mol. The molecule has 0 fully saturated rings. The van der Waals surface area contributed by atoms with Crippen molar-refractivity contribution >= 4 is 28.3 Å². The Hall–Kier alpha value is 1.43. The van der Waals surface area contributed by atoms with E-state index in [1.807, 2.05) is 0 Å². The van der Waals surface area contributed by atoms with Crippen molar-refractivity contribution in [3.63, 3.8) is 0 Å². The molecule has 0 aromatic heterocycles. The van der Waals surface area contributed by atoms with E-state index >= 15 is 0 Å². The number of nitrogens with one attached hydrogen (secondary N) is 1. The summed E-state index contributed by atoms with van der Waals surface area (Å²) in [6.07, 6.45) is 4.97. The molecular weight excluding hydrogens is 325 g/mol. The van der Waals surface area contributed by atoms with Crippen LogP contribution >= 0.6 is 24.0 Å². The quantitative estimate of drug-likeness (QED) is 0.587. The molecule has 0 saturated heterocycles. The average molecular weight is 344 g/mol. The van der Waals surface area contributed by atoms with Gasteiger partial charge in [-0.2, -0.15) is 0 Å². The van der Waals surface area contributed by atoms with E-state index in [4.69, 9.17) is 12.2 Å². The summed E-state index contributed by atoms with van der Waals surface area (Å²) in [5.41, 5.74) is 0. The van der Waals surface area contributed by atoms with Gasteiger partial charge >= 0.3 is 0 Å². The minimum absolute atomic E-state index is 0. The second-order valence-electron chi connectivity index (χ2n) is 2.77. The second kappa shape index (κ2) is 13.4. The van der Waals surface area contributed by atoms with Gasteiger partial charge in [0.05, 0.1) is 0 Å². The summed E-state index contributed by atoms with van der Waals surface area (Å²) < 4.78 is 0.969. The maximum atomic E-state index is 5.13. The molecule has 0 rings (SSSR count). The Morgan fingerprint density at radius 3 is 2.38 bits per heavy atom. The van der Waals surface area contributed by atoms with Crippen molar-refractivity contribution in [2.75, 3.05) is 12.3 Å². The summed E-state index contributed by atoms with van der Waals surface area (Å²) >= 11 is 6.90. The first-order chi connectivity index (χ1) is 5.81. The third-order valence-corrected chi connectivity index (χ3v) is 2.93. The molecule has 0 aliphatic heterocycles. The monoisotopic (exact) mass is 344 g/mol. The Kier molecular flexibility index (Phi) is 17.4. The molecule has 1 nitrogen and oxygen atoms in total. The van der Waals surface area contributed by atoms with Gasteiger partial charge in [0.1, 0.15) is 4.32 Å². The van der Waals surface area contributed by atoms with Crippen molar-refractivity contribution in [1.82, 2.24) is 5.32 Å². The van der Waals surface area contributed by atoms with Gasteiger partial charge in [-0.1, -0.05) is 50.7 Å². The van der Waals surface area contributed by atoms with Crippen LogP contribution in [0.3, 0.4) is 0 Å². The van der Waals surface area contributed by atoms with Crippen molar-refractivity contribution in [2.45, 2.75) is 39.5 Å². The van der Waals surface area contributed by atoms with Crippen molar-refractivity contribution in [2.24, 2.45) is 0 Å². The van der Waals surface area contributed by atoms with Gasteiger partial charge in [-0.25, -0.2) is 0 Å². The number of hydrogen-bond donors (Lipinski definition) is 1. The van der Waals surface area contributed by atoms with Gasteiger partial charge in [0.15, 0.2) is 0 Å². The molecule has 0 heterocycles. The van der Waals surface area contributed by atoms with Gasteiger partial charge in [0.2, 0.25) is 0 Å². The molecule has 0 saturated carbocycles. The summed E-state index contributed by atoms with van der Waals surface area (Å²) in [6.45, 7) is 5.43. The molecule has 0 aliphatic carbocycles. The van der Waals surface area contributed by atoms with Gasteiger partial charge in [-0.05, 0) is 12.8 Å². The number of unbranched alkanes of at least 4 members (excludes halogenated alkanes) is 2. The van der Waals surface area contributed by atoms with Crippen LogP contribution in [0.25, 0.3) is 0 Å². The van der Waals surface area contributed by atoms with E-state index < -0.39 is 0 Å². The number of rotatable bonds is 6. The van der Waals surface area contributed by atoms with E-state index in [2.05, 4.69) is 19.2 Å². The SMILES string of the molecule is CCCCNC(=S)SCCCC.[La]. The molecule has 0 aromatic carbocycles. The Morgan fingerprint density at radius 2 is 1.85 bits per heavy atom. The summed E-state index contributed by atoms with van der Waals surface area (Å²) in [5, 5.41) is 3.24. The zero-order chi connectivity index (χ0) is 9.23. The van der Waals surface area contributed by atoms with E-state index in [1.54, 1.807) is 11.8 Å². The fourth-order valence-corrected chi connectivity index (χ4v) is 1.90. The van der Waals surface area contributed by atoms with Gasteiger partial charge in [-0.3, -0.25) is 0 Å². The molecule has 75 valence electrons. The first-order valence-corrected chi connectivity index (χ1v) is 6.11. The second-order valence-corrected chi connectivity index (χ2v) is 4.54. The molecule has 4 heteroatoms. The number of hydrogen-bond acceptors (Lipinski definition) is 2. The number of thioether (sulfide) groups is 1. The summed E-state index contributed by atoms with van der Waals surface area (Å²) in [4.78, 5) is 0. The smallest absolute Gasteiger partial charge is 0.133 e. The topological polar surface area (TPSA) is 12.0 Å². The Bertz CT molecular complexity index is 108. The maximum absolute atomic E-state index is 5.13. The third-order valence-electron chi connectivity index (χ3n) is 1.53. The van der Waals surface area contributed by atoms with Crippen LogP contribution in [-0.4, -0.2) is 16.6 Å². The molecule has 0 bridgehead atoms. The van der Waals surface area contributed by atoms with Crippen LogP contribution in [0.2, 0.25) is 0 Å². The first-order valence-electron chi connectivity index (χ1n) is 4.71. The summed E-state index contributed by atoms with van der Waals surface area (Å²) in [7, 11) is 0. The van der Waals surface area contributed by atoms with Crippen LogP contribution < -0.4 is 5.32 Å². The van der Waals surface area contributed by atoms with Crippen LogP contribution in [-0.2, 0) is 0 Å². The molecular formula is C9H19LaNS2. The van der Waals surface area contributed by atoms with Crippen molar-refractivity contribution in [1.29, 1.82) is 0 Å². The van der Waals surface area contributed by atoms with Gasteiger partial charge in [0, 0.05) is 47.9 Å². The molecule has 1 N–H and O–H groups in total. The molecule has 0 amide bonds. The van der Waals surface area contributed by atoms with E-state index in [1.165, 1.54) is 25.7 Å². The van der Waals surface area contributed by atoms with Crippen LogP contribution in [0.15, 0.2) is 0 Å².